The number of carbonyl (C=O) groups is 1. The number of benzene rings is 2. The quantitative estimate of drug-likeness (QED) is 0.266. The minimum absolute atomic E-state index is 0.0178. The number of anilines is 2. The summed E-state index contributed by atoms with van der Waals surface area (Å²) in [5.41, 5.74) is 5.52. The summed E-state index contributed by atoms with van der Waals surface area (Å²) in [5.74, 6) is -1.16. The lowest BCUT2D eigenvalue weighted by Crippen LogP contribution is -2.50. The summed E-state index contributed by atoms with van der Waals surface area (Å²) in [5, 5.41) is 13.0. The van der Waals surface area contributed by atoms with Gasteiger partial charge >= 0.3 is 6.01 Å². The Hall–Kier alpha value is -4.06. The first-order valence-electron chi connectivity index (χ1n) is 15.9. The maximum Gasteiger partial charge on any atom is 0.319 e. The number of rotatable bonds is 6. The summed E-state index contributed by atoms with van der Waals surface area (Å²) in [6.45, 7) is 1.77. The number of hydrogen-bond acceptors (Lipinski definition) is 10. The lowest BCUT2D eigenvalue weighted by molar-refractivity contribution is -0.127. The molecule has 8 rings (SSSR count). The van der Waals surface area contributed by atoms with Gasteiger partial charge in [-0.25, -0.2) is 13.2 Å². The van der Waals surface area contributed by atoms with E-state index in [1.54, 1.807) is 7.05 Å². The molecule has 2 aromatic carbocycles. The molecule has 15 heteroatoms. The number of amides is 1. The highest BCUT2D eigenvalue weighted by molar-refractivity contribution is 7.23. The van der Waals surface area contributed by atoms with Crippen LogP contribution in [0.25, 0.3) is 32.1 Å². The van der Waals surface area contributed by atoms with Crippen LogP contribution in [-0.4, -0.2) is 78.4 Å². The summed E-state index contributed by atoms with van der Waals surface area (Å²) in [6.07, 6.45) is 2.18. The van der Waals surface area contributed by atoms with Crippen molar-refractivity contribution in [3.63, 3.8) is 0 Å². The molecule has 1 amide bonds. The van der Waals surface area contributed by atoms with Crippen molar-refractivity contribution in [2.75, 3.05) is 50.5 Å². The molecule has 2 aromatic heterocycles. The van der Waals surface area contributed by atoms with Crippen molar-refractivity contribution in [3.8, 4) is 29.0 Å². The van der Waals surface area contributed by atoms with E-state index < -0.39 is 23.3 Å². The fourth-order valence-electron chi connectivity index (χ4n) is 8.00. The molecule has 4 aliphatic rings. The van der Waals surface area contributed by atoms with Crippen molar-refractivity contribution in [2.45, 2.75) is 49.9 Å². The SMILES string of the molecule is CNC(=O)C1CC(N2CCOc3c(Cl)c(-c4ccc(F)c5sc(N)c(C#N)c45)c(F)c4nc(OC[C@@]56CCCN5C[C@H](F)C6)nc2c34)C1. The number of halogens is 4. The minimum Gasteiger partial charge on any atom is -0.489 e. The number of fused-ring (bicyclic) bond motifs is 2. The minimum atomic E-state index is -0.961. The highest BCUT2D eigenvalue weighted by atomic mass is 35.5. The Morgan fingerprint density at radius 1 is 1.29 bits per heavy atom. The van der Waals surface area contributed by atoms with Gasteiger partial charge in [0, 0.05) is 42.9 Å². The van der Waals surface area contributed by atoms with E-state index in [1.165, 1.54) is 12.1 Å². The van der Waals surface area contributed by atoms with Crippen LogP contribution in [0.2, 0.25) is 5.02 Å². The highest BCUT2D eigenvalue weighted by Gasteiger charge is 2.49. The number of carbonyl (C=O) groups excluding carboxylic acids is 1. The van der Waals surface area contributed by atoms with E-state index >= 15 is 4.39 Å². The Morgan fingerprint density at radius 2 is 2.10 bits per heavy atom. The molecule has 250 valence electrons. The van der Waals surface area contributed by atoms with E-state index in [9.17, 15) is 18.8 Å². The molecular weight excluding hydrogens is 667 g/mol. The highest BCUT2D eigenvalue weighted by Crippen LogP contribution is 2.51. The molecule has 0 bridgehead atoms. The van der Waals surface area contributed by atoms with Gasteiger partial charge in [-0.1, -0.05) is 17.7 Å². The van der Waals surface area contributed by atoms with Crippen molar-refractivity contribution in [1.29, 1.82) is 5.26 Å². The number of aromatic nitrogens is 2. The Kier molecular flexibility index (Phi) is 7.50. The summed E-state index contributed by atoms with van der Waals surface area (Å²) < 4.78 is 59.2. The number of hydrogen-bond donors (Lipinski definition) is 2. The van der Waals surface area contributed by atoms with Crippen LogP contribution in [0, 0.1) is 28.9 Å². The van der Waals surface area contributed by atoms with Crippen molar-refractivity contribution in [3.05, 3.63) is 34.4 Å². The Balaban J connectivity index is 1.31. The average Bonchev–Trinajstić information content (AvgIpc) is 3.65. The summed E-state index contributed by atoms with van der Waals surface area (Å²) >= 11 is 7.90. The van der Waals surface area contributed by atoms with Gasteiger partial charge in [-0.05, 0) is 43.9 Å². The van der Waals surface area contributed by atoms with E-state index in [0.29, 0.717) is 38.2 Å². The predicted octanol–water partition coefficient (Wildman–Crippen LogP) is 5.58. The van der Waals surface area contributed by atoms with Gasteiger partial charge in [-0.2, -0.15) is 15.2 Å². The largest absolute Gasteiger partial charge is 0.489 e. The standard InChI is InChI=1S/C33H31ClF3N7O3S/c1-40-31(45)15-9-17(10-15)44-7-8-46-27-23-26(41-32(42-30(23)44)47-14-33-5-2-6-43(33)13-16(35)11-33)25(37)22(24(27)34)18-3-4-20(36)28-21(18)19(12-38)29(39)48-28/h3-4,15-17H,2,5-11,13-14,39H2,1H3,(H,40,45)/t15?,16-,17?,33+/m1/s1. The molecule has 3 aliphatic heterocycles. The summed E-state index contributed by atoms with van der Waals surface area (Å²) in [7, 11) is 1.60. The normalized spacial score (nSPS) is 25.0. The van der Waals surface area contributed by atoms with Crippen LogP contribution in [0.3, 0.4) is 0 Å². The van der Waals surface area contributed by atoms with E-state index in [1.807, 2.05) is 11.0 Å². The zero-order valence-electron chi connectivity index (χ0n) is 25.9. The number of nitriles is 1. The van der Waals surface area contributed by atoms with Gasteiger partial charge in [0.05, 0.1) is 32.8 Å². The van der Waals surface area contributed by atoms with E-state index in [4.69, 9.17) is 31.8 Å². The zero-order chi connectivity index (χ0) is 33.5. The van der Waals surface area contributed by atoms with Crippen molar-refractivity contribution in [2.24, 2.45) is 5.92 Å². The third kappa shape index (κ3) is 4.65. The second-order valence-corrected chi connectivity index (χ2v) is 14.4. The predicted molar refractivity (Wildman–Crippen MR) is 176 cm³/mol. The fraction of sp³-hybridized carbons (Fsp3) is 0.455. The van der Waals surface area contributed by atoms with Gasteiger partial charge in [-0.15, -0.1) is 11.3 Å². The number of nitrogen functional groups attached to an aromatic ring is 1. The summed E-state index contributed by atoms with van der Waals surface area (Å²) in [4.78, 5) is 25.8. The smallest absolute Gasteiger partial charge is 0.319 e. The molecule has 3 fully saturated rings. The van der Waals surface area contributed by atoms with Crippen LogP contribution < -0.4 is 25.4 Å². The van der Waals surface area contributed by atoms with E-state index in [-0.39, 0.29) is 90.5 Å². The topological polar surface area (TPSA) is 130 Å². The van der Waals surface area contributed by atoms with Gasteiger partial charge < -0.3 is 25.4 Å². The van der Waals surface area contributed by atoms with Gasteiger partial charge in [0.2, 0.25) is 5.91 Å². The van der Waals surface area contributed by atoms with E-state index in [2.05, 4.69) is 15.2 Å². The first-order chi connectivity index (χ1) is 23.1. The first kappa shape index (κ1) is 31.2. The number of nitrogens with two attached hydrogens (primary N) is 1. The number of nitrogens with zero attached hydrogens (tertiary/aromatic N) is 5. The third-order valence-electron chi connectivity index (χ3n) is 10.4. The van der Waals surface area contributed by atoms with Crippen LogP contribution in [0.5, 0.6) is 11.8 Å². The molecule has 10 nitrogen and oxygen atoms in total. The molecule has 0 radical (unpaired) electrons. The Morgan fingerprint density at radius 3 is 2.88 bits per heavy atom. The maximum atomic E-state index is 17.1. The Bertz CT molecular complexity index is 2050. The number of nitrogens with one attached hydrogen (secondary N) is 1. The molecule has 5 heterocycles. The molecule has 0 unspecified atom stereocenters. The van der Waals surface area contributed by atoms with Crippen molar-refractivity contribution in [1.82, 2.24) is 20.2 Å². The first-order valence-corrected chi connectivity index (χ1v) is 17.1. The van der Waals surface area contributed by atoms with Gasteiger partial charge in [0.15, 0.2) is 11.6 Å². The molecule has 2 saturated heterocycles. The van der Waals surface area contributed by atoms with Crippen molar-refractivity contribution < 1.29 is 27.4 Å². The van der Waals surface area contributed by atoms with Gasteiger partial charge in [-0.3, -0.25) is 9.69 Å². The van der Waals surface area contributed by atoms with E-state index in [0.717, 1.165) is 30.7 Å². The molecule has 1 aliphatic carbocycles. The van der Waals surface area contributed by atoms with Crippen LogP contribution in [0.4, 0.5) is 24.0 Å². The van der Waals surface area contributed by atoms with Crippen molar-refractivity contribution >= 4 is 60.7 Å². The zero-order valence-corrected chi connectivity index (χ0v) is 27.5. The number of thiophene rings is 1. The maximum absolute atomic E-state index is 17.1. The van der Waals surface area contributed by atoms with Crippen LogP contribution >= 0.6 is 22.9 Å². The molecular formula is C33H31ClF3N7O3S. The van der Waals surface area contributed by atoms with Crippen LogP contribution in [-0.2, 0) is 4.79 Å². The number of ether oxygens (including phenoxy) is 2. The monoisotopic (exact) mass is 697 g/mol. The van der Waals surface area contributed by atoms with Crippen LogP contribution in [0.15, 0.2) is 12.1 Å². The molecule has 0 spiro atoms. The fourth-order valence-corrected chi connectivity index (χ4v) is 9.29. The lowest BCUT2D eigenvalue weighted by Gasteiger charge is -2.42. The number of alkyl halides is 1. The second-order valence-electron chi connectivity index (χ2n) is 13.0. The lowest BCUT2D eigenvalue weighted by atomic mass is 9.78. The van der Waals surface area contributed by atoms with Gasteiger partial charge in [0.1, 0.15) is 47.6 Å². The Labute approximate surface area is 282 Å². The van der Waals surface area contributed by atoms with Crippen LogP contribution in [0.1, 0.15) is 37.7 Å². The molecule has 1 saturated carbocycles. The molecule has 2 atom stereocenters. The molecule has 48 heavy (non-hydrogen) atoms. The molecule has 4 aromatic rings. The molecule has 3 N–H and O–H groups in total. The second kappa shape index (κ2) is 11.5. The van der Waals surface area contributed by atoms with Gasteiger partial charge in [0.25, 0.3) is 0 Å². The third-order valence-corrected chi connectivity index (χ3v) is 11.8. The average molecular weight is 698 g/mol. The summed E-state index contributed by atoms with van der Waals surface area (Å²) in [6, 6.07) is 4.39.